The predicted octanol–water partition coefficient (Wildman–Crippen LogP) is 2.68. The Labute approximate surface area is 87.3 Å². The van der Waals surface area contributed by atoms with E-state index in [4.69, 9.17) is 0 Å². The lowest BCUT2D eigenvalue weighted by molar-refractivity contribution is 0.278. The van der Waals surface area contributed by atoms with E-state index in [0.717, 1.165) is 0 Å². The van der Waals surface area contributed by atoms with Crippen molar-refractivity contribution in [3.63, 3.8) is 0 Å². The summed E-state index contributed by atoms with van der Waals surface area (Å²) in [6.45, 7) is 8.16. The average Bonchev–Trinajstić information content (AvgIpc) is 2.67. The van der Waals surface area contributed by atoms with E-state index < -0.39 is 0 Å². The van der Waals surface area contributed by atoms with Gasteiger partial charge in [0.05, 0.1) is 0 Å². The van der Waals surface area contributed by atoms with Crippen molar-refractivity contribution >= 4 is 0 Å². The van der Waals surface area contributed by atoms with Crippen molar-refractivity contribution in [2.45, 2.75) is 33.1 Å². The molecule has 2 heteroatoms. The quantitative estimate of drug-likeness (QED) is 0.707. The zero-order valence-corrected chi connectivity index (χ0v) is 9.42. The van der Waals surface area contributed by atoms with E-state index in [0.29, 0.717) is 0 Å². The molecular formula is C12H22N2. The lowest BCUT2D eigenvalue weighted by atomic mass is 10.2. The number of rotatable bonds is 7. The molecule has 1 aromatic heterocycles. The minimum absolute atomic E-state index is 1.17. The van der Waals surface area contributed by atoms with Gasteiger partial charge < -0.3 is 9.88 Å². The van der Waals surface area contributed by atoms with E-state index >= 15 is 0 Å². The SMILES string of the molecule is CCCN(CCC)CCc1cc[nH]c1. The highest BCUT2D eigenvalue weighted by Gasteiger charge is 2.02. The molecule has 0 saturated carbocycles. The topological polar surface area (TPSA) is 19.0 Å². The average molecular weight is 194 g/mol. The molecule has 1 rings (SSSR count). The van der Waals surface area contributed by atoms with Crippen LogP contribution in [-0.4, -0.2) is 29.5 Å². The van der Waals surface area contributed by atoms with Crippen LogP contribution in [0.1, 0.15) is 32.3 Å². The first-order valence-corrected chi connectivity index (χ1v) is 5.70. The van der Waals surface area contributed by atoms with Crippen molar-refractivity contribution in [2.75, 3.05) is 19.6 Å². The van der Waals surface area contributed by atoms with Crippen LogP contribution in [0.3, 0.4) is 0 Å². The van der Waals surface area contributed by atoms with Gasteiger partial charge in [0, 0.05) is 18.9 Å². The van der Waals surface area contributed by atoms with Crippen molar-refractivity contribution in [3.8, 4) is 0 Å². The van der Waals surface area contributed by atoms with Gasteiger partial charge in [-0.1, -0.05) is 13.8 Å². The maximum atomic E-state index is 3.10. The molecule has 0 aliphatic rings. The summed E-state index contributed by atoms with van der Waals surface area (Å²) >= 11 is 0. The van der Waals surface area contributed by atoms with Gasteiger partial charge in [0.15, 0.2) is 0 Å². The third kappa shape index (κ3) is 3.97. The molecule has 0 saturated heterocycles. The maximum absolute atomic E-state index is 3.10. The molecule has 0 spiro atoms. The Morgan fingerprint density at radius 1 is 1.14 bits per heavy atom. The monoisotopic (exact) mass is 194 g/mol. The molecular weight excluding hydrogens is 172 g/mol. The molecule has 0 bridgehead atoms. The summed E-state index contributed by atoms with van der Waals surface area (Å²) in [5, 5.41) is 0. The smallest absolute Gasteiger partial charge is 0.00378 e. The molecule has 0 fully saturated rings. The van der Waals surface area contributed by atoms with Crippen LogP contribution in [0.15, 0.2) is 18.5 Å². The van der Waals surface area contributed by atoms with Crippen molar-refractivity contribution in [3.05, 3.63) is 24.0 Å². The molecule has 0 aliphatic heterocycles. The second kappa shape index (κ2) is 6.66. The minimum Gasteiger partial charge on any atom is -0.367 e. The number of nitrogens with one attached hydrogen (secondary N) is 1. The molecule has 0 radical (unpaired) electrons. The van der Waals surface area contributed by atoms with E-state index in [9.17, 15) is 0 Å². The number of hydrogen-bond donors (Lipinski definition) is 1. The van der Waals surface area contributed by atoms with E-state index in [1.54, 1.807) is 0 Å². The Bertz CT molecular complexity index is 210. The van der Waals surface area contributed by atoms with Crippen molar-refractivity contribution in [1.29, 1.82) is 0 Å². The van der Waals surface area contributed by atoms with Gasteiger partial charge in [-0.15, -0.1) is 0 Å². The molecule has 14 heavy (non-hydrogen) atoms. The summed E-state index contributed by atoms with van der Waals surface area (Å²) in [4.78, 5) is 5.65. The molecule has 0 aliphatic carbocycles. The first-order valence-electron chi connectivity index (χ1n) is 5.70. The minimum atomic E-state index is 1.17. The van der Waals surface area contributed by atoms with Gasteiger partial charge >= 0.3 is 0 Å². The van der Waals surface area contributed by atoms with Gasteiger partial charge in [-0.3, -0.25) is 0 Å². The Kier molecular flexibility index (Phi) is 5.38. The van der Waals surface area contributed by atoms with Crippen LogP contribution in [0.25, 0.3) is 0 Å². The van der Waals surface area contributed by atoms with Gasteiger partial charge in [0.1, 0.15) is 0 Å². The van der Waals surface area contributed by atoms with Crippen LogP contribution in [0.5, 0.6) is 0 Å². The Morgan fingerprint density at radius 2 is 1.86 bits per heavy atom. The van der Waals surface area contributed by atoms with E-state index in [1.165, 1.54) is 44.5 Å². The summed E-state index contributed by atoms with van der Waals surface area (Å²) in [6.07, 6.45) is 7.78. The van der Waals surface area contributed by atoms with Crippen LogP contribution in [-0.2, 0) is 6.42 Å². The lowest BCUT2D eigenvalue weighted by Gasteiger charge is -2.20. The standard InChI is InChI=1S/C12H22N2/c1-3-8-14(9-4-2)10-6-12-5-7-13-11-12/h5,7,11,13H,3-4,6,8-10H2,1-2H3. The zero-order chi connectivity index (χ0) is 10.2. The number of H-pyrrole nitrogens is 1. The van der Waals surface area contributed by atoms with Crippen molar-refractivity contribution in [2.24, 2.45) is 0 Å². The number of aromatic nitrogens is 1. The number of nitrogens with zero attached hydrogens (tertiary/aromatic N) is 1. The van der Waals surface area contributed by atoms with Crippen molar-refractivity contribution in [1.82, 2.24) is 9.88 Å². The van der Waals surface area contributed by atoms with E-state index in [2.05, 4.69) is 36.0 Å². The first kappa shape index (κ1) is 11.3. The van der Waals surface area contributed by atoms with Gasteiger partial charge in [-0.05, 0) is 44.0 Å². The Morgan fingerprint density at radius 3 is 2.36 bits per heavy atom. The first-order chi connectivity index (χ1) is 6.86. The van der Waals surface area contributed by atoms with Crippen LogP contribution < -0.4 is 0 Å². The van der Waals surface area contributed by atoms with Gasteiger partial charge in [0.25, 0.3) is 0 Å². The third-order valence-corrected chi connectivity index (χ3v) is 2.46. The van der Waals surface area contributed by atoms with Crippen LogP contribution in [0, 0.1) is 0 Å². The molecule has 2 nitrogen and oxygen atoms in total. The van der Waals surface area contributed by atoms with Crippen LogP contribution in [0.2, 0.25) is 0 Å². The molecule has 0 unspecified atom stereocenters. The van der Waals surface area contributed by atoms with Gasteiger partial charge in [-0.2, -0.15) is 0 Å². The van der Waals surface area contributed by atoms with E-state index in [-0.39, 0.29) is 0 Å². The summed E-state index contributed by atoms with van der Waals surface area (Å²) < 4.78 is 0. The zero-order valence-electron chi connectivity index (χ0n) is 9.42. The molecule has 1 aromatic rings. The highest BCUT2D eigenvalue weighted by atomic mass is 15.1. The fourth-order valence-corrected chi connectivity index (χ4v) is 1.77. The van der Waals surface area contributed by atoms with Gasteiger partial charge in [0.2, 0.25) is 0 Å². The fourth-order valence-electron chi connectivity index (χ4n) is 1.77. The number of hydrogen-bond acceptors (Lipinski definition) is 1. The van der Waals surface area contributed by atoms with Gasteiger partial charge in [-0.25, -0.2) is 0 Å². The third-order valence-electron chi connectivity index (χ3n) is 2.46. The molecule has 0 aromatic carbocycles. The number of aromatic amines is 1. The summed E-state index contributed by atoms with van der Waals surface area (Å²) in [6, 6.07) is 2.16. The normalized spacial score (nSPS) is 11.1. The van der Waals surface area contributed by atoms with Crippen LogP contribution >= 0.6 is 0 Å². The maximum Gasteiger partial charge on any atom is 0.00378 e. The second-order valence-electron chi connectivity index (χ2n) is 3.81. The lowest BCUT2D eigenvalue weighted by Crippen LogP contribution is -2.27. The van der Waals surface area contributed by atoms with Crippen LogP contribution in [0.4, 0.5) is 0 Å². The molecule has 0 amide bonds. The summed E-state index contributed by atoms with van der Waals surface area (Å²) in [7, 11) is 0. The molecule has 0 atom stereocenters. The Balaban J connectivity index is 2.25. The highest BCUT2D eigenvalue weighted by Crippen LogP contribution is 2.01. The summed E-state index contributed by atoms with van der Waals surface area (Å²) in [5.41, 5.74) is 1.42. The molecule has 1 N–H and O–H groups in total. The highest BCUT2D eigenvalue weighted by molar-refractivity contribution is 5.08. The molecule has 80 valence electrons. The Hall–Kier alpha value is -0.760. The fraction of sp³-hybridized carbons (Fsp3) is 0.667. The second-order valence-corrected chi connectivity index (χ2v) is 3.81. The van der Waals surface area contributed by atoms with Crippen molar-refractivity contribution < 1.29 is 0 Å². The molecule has 1 heterocycles. The largest absolute Gasteiger partial charge is 0.367 e. The van der Waals surface area contributed by atoms with E-state index in [1.807, 2.05) is 6.20 Å². The summed E-state index contributed by atoms with van der Waals surface area (Å²) in [5.74, 6) is 0. The predicted molar refractivity (Wildman–Crippen MR) is 61.5 cm³/mol.